The first-order chi connectivity index (χ1) is 19.7. The largest absolute Gasteiger partial charge is 0.433 e. The molecule has 4 aromatic rings. The summed E-state index contributed by atoms with van der Waals surface area (Å²) in [7, 11) is 1.67. The molecule has 3 aliphatic rings. The van der Waals surface area contributed by atoms with Crippen molar-refractivity contribution in [2.45, 2.75) is 50.2 Å². The summed E-state index contributed by atoms with van der Waals surface area (Å²) in [5, 5.41) is 10.7. The molecule has 3 fully saturated rings. The summed E-state index contributed by atoms with van der Waals surface area (Å²) < 4.78 is 67.1. The van der Waals surface area contributed by atoms with E-state index in [1.54, 1.807) is 30.7 Å². The van der Waals surface area contributed by atoms with E-state index >= 15 is 0 Å². The van der Waals surface area contributed by atoms with Crippen LogP contribution in [0.15, 0.2) is 24.3 Å². The van der Waals surface area contributed by atoms with Crippen LogP contribution in [0.1, 0.15) is 48.8 Å². The van der Waals surface area contributed by atoms with E-state index in [0.29, 0.717) is 61.8 Å². The molecule has 3 aromatic heterocycles. The molecule has 13 heteroatoms. The highest BCUT2D eigenvalue weighted by Gasteiger charge is 2.58. The molecule has 0 radical (unpaired) electrons. The molecule has 7 rings (SSSR count). The number of nitrogens with zero attached hydrogens (tertiary/aromatic N) is 6. The van der Waals surface area contributed by atoms with E-state index in [0.717, 1.165) is 17.5 Å². The Balaban J connectivity index is 1.48. The highest BCUT2D eigenvalue weighted by Crippen LogP contribution is 2.58. The average molecular weight is 571 g/mol. The summed E-state index contributed by atoms with van der Waals surface area (Å²) in [5.41, 5.74) is 0.896. The average Bonchev–Trinajstić information content (AvgIpc) is 3.45. The molecule has 2 atom stereocenters. The summed E-state index contributed by atoms with van der Waals surface area (Å²) in [6.45, 7) is 4.01. The summed E-state index contributed by atoms with van der Waals surface area (Å²) in [5.74, 6) is 0.316. The fourth-order valence-electron chi connectivity index (χ4n) is 6.61. The normalized spacial score (nSPS) is 23.1. The molecule has 5 heterocycles. The quantitative estimate of drug-likeness (QED) is 0.333. The lowest BCUT2D eigenvalue weighted by molar-refractivity contribution is -0.144. The molecule has 0 spiro atoms. The second-order valence-corrected chi connectivity index (χ2v) is 11.2. The second-order valence-electron chi connectivity index (χ2n) is 11.2. The zero-order valence-electron chi connectivity index (χ0n) is 22.7. The number of ether oxygens (including phenoxy) is 1. The third-order valence-corrected chi connectivity index (χ3v) is 8.77. The minimum absolute atomic E-state index is 0.0388. The number of fused-ring (bicyclic) bond motifs is 2. The molecule has 2 aliphatic heterocycles. The highest BCUT2D eigenvalue weighted by atomic mass is 19.4. The third kappa shape index (κ3) is 4.28. The van der Waals surface area contributed by atoms with E-state index in [9.17, 15) is 17.6 Å². The number of anilines is 1. The van der Waals surface area contributed by atoms with E-state index in [1.165, 1.54) is 12.1 Å². The zero-order chi connectivity index (χ0) is 28.5. The van der Waals surface area contributed by atoms with Crippen LogP contribution in [0.25, 0.3) is 28.2 Å². The predicted octanol–water partition coefficient (Wildman–Crippen LogP) is 4.79. The Labute approximate surface area is 233 Å². The smallest absolute Gasteiger partial charge is 0.381 e. The van der Waals surface area contributed by atoms with Gasteiger partial charge in [-0.05, 0) is 69.8 Å². The number of halogens is 4. The number of hydrogen-bond donors (Lipinski definition) is 2. The number of hydrogen-bond acceptors (Lipinski definition) is 7. The van der Waals surface area contributed by atoms with Crippen molar-refractivity contribution in [1.82, 2.24) is 34.6 Å². The molecule has 0 amide bonds. The van der Waals surface area contributed by atoms with E-state index in [-0.39, 0.29) is 40.3 Å². The van der Waals surface area contributed by atoms with Gasteiger partial charge in [-0.25, -0.2) is 23.9 Å². The second kappa shape index (κ2) is 9.48. The number of imidazole rings is 1. The summed E-state index contributed by atoms with van der Waals surface area (Å²) in [4.78, 5) is 14.2. The van der Waals surface area contributed by atoms with Gasteiger partial charge in [0.25, 0.3) is 0 Å². The molecule has 1 aliphatic carbocycles. The monoisotopic (exact) mass is 570 g/mol. The Morgan fingerprint density at radius 3 is 2.66 bits per heavy atom. The van der Waals surface area contributed by atoms with Crippen molar-refractivity contribution < 1.29 is 22.3 Å². The van der Waals surface area contributed by atoms with Crippen molar-refractivity contribution in [2.24, 2.45) is 5.92 Å². The van der Waals surface area contributed by atoms with Crippen LogP contribution in [0.5, 0.6) is 0 Å². The van der Waals surface area contributed by atoms with Crippen LogP contribution >= 0.6 is 0 Å². The lowest BCUT2D eigenvalue weighted by Gasteiger charge is -2.26. The van der Waals surface area contributed by atoms with Gasteiger partial charge in [0.15, 0.2) is 5.69 Å². The van der Waals surface area contributed by atoms with Gasteiger partial charge >= 0.3 is 6.18 Å². The van der Waals surface area contributed by atoms with Gasteiger partial charge in [-0.3, -0.25) is 4.68 Å². The van der Waals surface area contributed by atoms with E-state index < -0.39 is 17.7 Å². The Morgan fingerprint density at radius 2 is 1.93 bits per heavy atom. The fourth-order valence-corrected chi connectivity index (χ4v) is 6.61. The SMILES string of the molecule is CNc1nc2cc(F)ccc2n1-c1nc(-c2c(C)nn(C3CCNCC3)c2C(F)(F)F)cc(C23CCOCC2C3)n1. The highest BCUT2D eigenvalue weighted by molar-refractivity contribution is 5.81. The van der Waals surface area contributed by atoms with E-state index in [2.05, 4.69) is 20.7 Å². The Hall–Kier alpha value is -3.58. The minimum atomic E-state index is -4.65. The summed E-state index contributed by atoms with van der Waals surface area (Å²) >= 11 is 0. The topological polar surface area (TPSA) is 94.7 Å². The Bertz CT molecular complexity index is 1640. The summed E-state index contributed by atoms with van der Waals surface area (Å²) in [6, 6.07) is 5.53. The molecule has 2 saturated heterocycles. The van der Waals surface area contributed by atoms with Crippen LogP contribution in [-0.4, -0.2) is 62.7 Å². The van der Waals surface area contributed by atoms with Gasteiger partial charge in [-0.15, -0.1) is 0 Å². The van der Waals surface area contributed by atoms with Crippen LogP contribution < -0.4 is 10.6 Å². The van der Waals surface area contributed by atoms with E-state index in [4.69, 9.17) is 14.7 Å². The molecule has 2 unspecified atom stereocenters. The van der Waals surface area contributed by atoms with Crippen LogP contribution in [0.3, 0.4) is 0 Å². The van der Waals surface area contributed by atoms with Crippen LogP contribution in [0.2, 0.25) is 0 Å². The van der Waals surface area contributed by atoms with Crippen LogP contribution in [0.4, 0.5) is 23.5 Å². The Morgan fingerprint density at radius 1 is 1.12 bits per heavy atom. The molecular weight excluding hydrogens is 540 g/mol. The van der Waals surface area contributed by atoms with Gasteiger partial charge in [0, 0.05) is 25.1 Å². The standard InChI is InChI=1S/C28H30F4N8O/c1-15-23(24(28(30,31)32)40(38-15)18-5-8-34-9-6-18)20-12-22(27-7-10-41-14-16(27)13-27)37-26(36-20)39-21-4-3-17(29)11-19(21)35-25(39)33-2/h3-4,11-12,16,18,34H,5-10,13-14H2,1-2H3,(H,33,35). The number of piperidine rings is 1. The van der Waals surface area contributed by atoms with Crippen molar-refractivity contribution in [3.63, 3.8) is 0 Å². The van der Waals surface area contributed by atoms with Crippen molar-refractivity contribution in [2.75, 3.05) is 38.7 Å². The number of nitrogens with one attached hydrogen (secondary N) is 2. The first-order valence-electron chi connectivity index (χ1n) is 13.9. The predicted molar refractivity (Wildman–Crippen MR) is 143 cm³/mol. The summed E-state index contributed by atoms with van der Waals surface area (Å²) in [6.07, 6.45) is -1.98. The van der Waals surface area contributed by atoms with Gasteiger partial charge in [-0.2, -0.15) is 18.3 Å². The van der Waals surface area contributed by atoms with Crippen molar-refractivity contribution in [1.29, 1.82) is 0 Å². The third-order valence-electron chi connectivity index (χ3n) is 8.77. The van der Waals surface area contributed by atoms with Gasteiger partial charge in [0.1, 0.15) is 5.82 Å². The molecule has 1 saturated carbocycles. The van der Waals surface area contributed by atoms with Crippen molar-refractivity contribution >= 4 is 17.0 Å². The lowest BCUT2D eigenvalue weighted by atomic mass is 9.92. The first kappa shape index (κ1) is 26.3. The first-order valence-corrected chi connectivity index (χ1v) is 13.9. The fraction of sp³-hybridized carbons (Fsp3) is 0.500. The molecule has 1 aromatic carbocycles. The Kier molecular flexibility index (Phi) is 6.09. The number of aryl methyl sites for hydroxylation is 1. The molecule has 216 valence electrons. The maximum Gasteiger partial charge on any atom is 0.433 e. The number of aromatic nitrogens is 6. The molecule has 0 bridgehead atoms. The van der Waals surface area contributed by atoms with Crippen LogP contribution in [0, 0.1) is 18.7 Å². The van der Waals surface area contributed by atoms with Crippen LogP contribution in [-0.2, 0) is 16.3 Å². The van der Waals surface area contributed by atoms with Gasteiger partial charge in [0.2, 0.25) is 11.9 Å². The molecule has 2 N–H and O–H groups in total. The number of rotatable bonds is 5. The van der Waals surface area contributed by atoms with Crippen molar-refractivity contribution in [3.8, 4) is 17.2 Å². The van der Waals surface area contributed by atoms with Gasteiger partial charge in [-0.1, -0.05) is 0 Å². The maximum absolute atomic E-state index is 14.8. The van der Waals surface area contributed by atoms with Gasteiger partial charge < -0.3 is 15.4 Å². The number of benzene rings is 1. The van der Waals surface area contributed by atoms with Crippen molar-refractivity contribution in [3.05, 3.63) is 47.2 Å². The molecule has 9 nitrogen and oxygen atoms in total. The lowest BCUT2D eigenvalue weighted by Crippen LogP contribution is -2.31. The molecule has 41 heavy (non-hydrogen) atoms. The van der Waals surface area contributed by atoms with Gasteiger partial charge in [0.05, 0.1) is 46.3 Å². The zero-order valence-corrected chi connectivity index (χ0v) is 22.7. The minimum Gasteiger partial charge on any atom is -0.381 e. The molecular formula is C28H30F4N8O. The number of alkyl halides is 3. The van der Waals surface area contributed by atoms with E-state index in [1.807, 2.05) is 0 Å². The maximum atomic E-state index is 14.8.